The van der Waals surface area contributed by atoms with Crippen molar-refractivity contribution in [3.05, 3.63) is 28.2 Å². The van der Waals surface area contributed by atoms with Crippen LogP contribution in [0.15, 0.2) is 23.1 Å². The Hall–Kier alpha value is -1.35. The third-order valence-electron chi connectivity index (χ3n) is 4.81. The SMILES string of the molecule is CC(C)N(C)C(=O)COC(=O)C1CCN(S(=O)(=O)c2c(Cl)cccc2Cl)CC1. The summed E-state index contributed by atoms with van der Waals surface area (Å²) in [7, 11) is -2.22. The number of nitrogens with zero attached hydrogens (tertiary/aromatic N) is 2. The number of amides is 1. The number of carbonyl (C=O) groups is 2. The zero-order valence-corrected chi connectivity index (χ0v) is 18.4. The molecule has 1 fully saturated rings. The van der Waals surface area contributed by atoms with Gasteiger partial charge in [-0.1, -0.05) is 29.3 Å². The average molecular weight is 451 g/mol. The molecule has 0 unspecified atom stereocenters. The van der Waals surface area contributed by atoms with Crippen LogP contribution in [-0.2, 0) is 24.3 Å². The summed E-state index contributed by atoms with van der Waals surface area (Å²) in [6.45, 7) is 3.69. The van der Waals surface area contributed by atoms with Gasteiger partial charge in [-0.05, 0) is 38.8 Å². The quantitative estimate of drug-likeness (QED) is 0.622. The molecule has 0 atom stereocenters. The molecule has 0 aromatic heterocycles. The van der Waals surface area contributed by atoms with Crippen molar-refractivity contribution in [3.8, 4) is 0 Å². The highest BCUT2D eigenvalue weighted by Gasteiger charge is 2.35. The van der Waals surface area contributed by atoms with Gasteiger partial charge in [0.1, 0.15) is 4.90 Å². The van der Waals surface area contributed by atoms with E-state index in [1.54, 1.807) is 13.1 Å². The lowest BCUT2D eigenvalue weighted by Gasteiger charge is -2.30. The molecule has 0 saturated carbocycles. The summed E-state index contributed by atoms with van der Waals surface area (Å²) in [4.78, 5) is 25.5. The van der Waals surface area contributed by atoms with Gasteiger partial charge in [-0.3, -0.25) is 9.59 Å². The van der Waals surface area contributed by atoms with Crippen molar-refractivity contribution >= 4 is 45.1 Å². The predicted octanol–water partition coefficient (Wildman–Crippen LogP) is 2.80. The number of hydrogen-bond acceptors (Lipinski definition) is 5. The highest BCUT2D eigenvalue weighted by molar-refractivity contribution is 7.89. The van der Waals surface area contributed by atoms with Crippen molar-refractivity contribution in [1.29, 1.82) is 0 Å². The minimum absolute atomic E-state index is 0.0104. The predicted molar refractivity (Wildman–Crippen MR) is 107 cm³/mol. The molecule has 1 amide bonds. The molecule has 1 heterocycles. The first-order valence-corrected chi connectivity index (χ1v) is 11.1. The van der Waals surface area contributed by atoms with Crippen LogP contribution < -0.4 is 0 Å². The van der Waals surface area contributed by atoms with E-state index in [1.807, 2.05) is 13.8 Å². The summed E-state index contributed by atoms with van der Waals surface area (Å²) >= 11 is 12.1. The van der Waals surface area contributed by atoms with Crippen LogP contribution in [0.25, 0.3) is 0 Å². The second kappa shape index (κ2) is 9.43. The molecular formula is C18H24Cl2N2O5S. The van der Waals surface area contributed by atoms with Crippen LogP contribution in [-0.4, -0.2) is 62.3 Å². The summed E-state index contributed by atoms with van der Waals surface area (Å²) in [5.74, 6) is -1.22. The highest BCUT2D eigenvalue weighted by atomic mass is 35.5. The van der Waals surface area contributed by atoms with E-state index in [1.165, 1.54) is 21.3 Å². The summed E-state index contributed by atoms with van der Waals surface area (Å²) in [5.41, 5.74) is 0. The molecule has 156 valence electrons. The van der Waals surface area contributed by atoms with Crippen molar-refractivity contribution in [2.45, 2.75) is 37.6 Å². The summed E-state index contributed by atoms with van der Waals surface area (Å²) < 4.78 is 32.1. The number of sulfonamides is 1. The van der Waals surface area contributed by atoms with E-state index in [-0.39, 0.29) is 46.6 Å². The Balaban J connectivity index is 1.95. The highest BCUT2D eigenvalue weighted by Crippen LogP contribution is 2.33. The Morgan fingerprint density at radius 3 is 2.25 bits per heavy atom. The first kappa shape index (κ1) is 22.9. The van der Waals surface area contributed by atoms with Crippen LogP contribution in [0, 0.1) is 5.92 Å². The van der Waals surface area contributed by atoms with E-state index < -0.39 is 21.9 Å². The van der Waals surface area contributed by atoms with Crippen LogP contribution in [0.1, 0.15) is 26.7 Å². The number of carbonyl (C=O) groups excluding carboxylic acids is 2. The number of ether oxygens (including phenoxy) is 1. The second-order valence-electron chi connectivity index (χ2n) is 6.94. The number of piperidine rings is 1. The molecule has 1 aromatic carbocycles. The molecule has 7 nitrogen and oxygen atoms in total. The van der Waals surface area contributed by atoms with E-state index >= 15 is 0 Å². The molecule has 10 heteroatoms. The summed E-state index contributed by atoms with van der Waals surface area (Å²) in [5, 5.41) is 0.114. The van der Waals surface area contributed by atoms with Crippen LogP contribution in [0.4, 0.5) is 0 Å². The van der Waals surface area contributed by atoms with Crippen molar-refractivity contribution in [2.75, 3.05) is 26.7 Å². The fourth-order valence-electron chi connectivity index (χ4n) is 2.83. The van der Waals surface area contributed by atoms with Gasteiger partial charge in [-0.25, -0.2) is 8.42 Å². The molecule has 1 saturated heterocycles. The standard InChI is InChI=1S/C18H24Cl2N2O5S/c1-12(2)21(3)16(23)11-27-18(24)13-7-9-22(10-8-13)28(25,26)17-14(19)5-4-6-15(17)20/h4-6,12-13H,7-11H2,1-3H3. The van der Waals surface area contributed by atoms with Crippen LogP contribution in [0.5, 0.6) is 0 Å². The Labute approximate surface area is 175 Å². The molecule has 28 heavy (non-hydrogen) atoms. The molecule has 1 aliphatic heterocycles. The summed E-state index contributed by atoms with van der Waals surface area (Å²) in [6.07, 6.45) is 0.600. The lowest BCUT2D eigenvalue weighted by atomic mass is 9.98. The minimum Gasteiger partial charge on any atom is -0.455 e. The Kier molecular flexibility index (Phi) is 7.73. The zero-order valence-electron chi connectivity index (χ0n) is 16.0. The van der Waals surface area contributed by atoms with Gasteiger partial charge >= 0.3 is 5.97 Å². The lowest BCUT2D eigenvalue weighted by molar-refractivity contribution is -0.156. The van der Waals surface area contributed by atoms with Gasteiger partial charge in [0, 0.05) is 26.2 Å². The third kappa shape index (κ3) is 5.17. The van der Waals surface area contributed by atoms with E-state index in [2.05, 4.69) is 0 Å². The maximum Gasteiger partial charge on any atom is 0.309 e. The van der Waals surface area contributed by atoms with Crippen molar-refractivity contribution in [3.63, 3.8) is 0 Å². The Morgan fingerprint density at radius 1 is 1.21 bits per heavy atom. The number of benzene rings is 1. The molecule has 2 rings (SSSR count). The molecule has 0 aliphatic carbocycles. The zero-order chi connectivity index (χ0) is 21.1. The van der Waals surface area contributed by atoms with Gasteiger partial charge in [-0.15, -0.1) is 0 Å². The van der Waals surface area contributed by atoms with E-state index in [9.17, 15) is 18.0 Å². The van der Waals surface area contributed by atoms with E-state index in [4.69, 9.17) is 27.9 Å². The molecule has 0 radical (unpaired) electrons. The topological polar surface area (TPSA) is 84.0 Å². The van der Waals surface area contributed by atoms with Crippen LogP contribution in [0.3, 0.4) is 0 Å². The fourth-order valence-corrected chi connectivity index (χ4v) is 5.39. The Bertz CT molecular complexity index is 816. The van der Waals surface area contributed by atoms with Crippen molar-refractivity contribution < 1.29 is 22.7 Å². The normalized spacial score (nSPS) is 16.2. The largest absolute Gasteiger partial charge is 0.455 e. The van der Waals surface area contributed by atoms with Gasteiger partial charge < -0.3 is 9.64 Å². The number of halogens is 2. The van der Waals surface area contributed by atoms with Gasteiger partial charge in [0.25, 0.3) is 5.91 Å². The fraction of sp³-hybridized carbons (Fsp3) is 0.556. The smallest absolute Gasteiger partial charge is 0.309 e. The number of rotatable bonds is 6. The van der Waals surface area contributed by atoms with Gasteiger partial charge in [0.15, 0.2) is 6.61 Å². The van der Waals surface area contributed by atoms with Crippen LogP contribution in [0.2, 0.25) is 10.0 Å². The number of esters is 1. The maximum atomic E-state index is 12.8. The number of likely N-dealkylation sites (N-methyl/N-ethyl adjacent to an activating group) is 1. The molecule has 0 spiro atoms. The van der Waals surface area contributed by atoms with E-state index in [0.717, 1.165) is 0 Å². The molecule has 1 aromatic rings. The molecule has 0 bridgehead atoms. The Morgan fingerprint density at radius 2 is 1.75 bits per heavy atom. The summed E-state index contributed by atoms with van der Waals surface area (Å²) in [6, 6.07) is 4.52. The first-order valence-electron chi connectivity index (χ1n) is 8.92. The average Bonchev–Trinajstić information content (AvgIpc) is 2.64. The third-order valence-corrected chi connectivity index (χ3v) is 7.66. The monoisotopic (exact) mass is 450 g/mol. The molecule has 1 aliphatic rings. The van der Waals surface area contributed by atoms with Crippen molar-refractivity contribution in [2.24, 2.45) is 5.92 Å². The van der Waals surface area contributed by atoms with Gasteiger partial charge in [-0.2, -0.15) is 4.31 Å². The molecule has 0 N–H and O–H groups in total. The minimum atomic E-state index is -3.86. The first-order chi connectivity index (χ1) is 13.1. The second-order valence-corrected chi connectivity index (χ2v) is 9.62. The van der Waals surface area contributed by atoms with Gasteiger partial charge in [0.2, 0.25) is 10.0 Å². The lowest BCUT2D eigenvalue weighted by Crippen LogP contribution is -2.41. The number of hydrogen-bond donors (Lipinski definition) is 0. The maximum absolute atomic E-state index is 12.8. The molecular weight excluding hydrogens is 427 g/mol. The van der Waals surface area contributed by atoms with Crippen molar-refractivity contribution in [1.82, 2.24) is 9.21 Å². The van der Waals surface area contributed by atoms with Gasteiger partial charge in [0.05, 0.1) is 16.0 Å². The van der Waals surface area contributed by atoms with E-state index in [0.29, 0.717) is 12.8 Å². The van der Waals surface area contributed by atoms with Crippen LogP contribution >= 0.6 is 23.2 Å².